The van der Waals surface area contributed by atoms with Gasteiger partial charge in [-0.05, 0) is 66.4 Å². The molecule has 4 heteroatoms. The second-order valence-corrected chi connectivity index (χ2v) is 6.97. The van der Waals surface area contributed by atoms with E-state index < -0.39 is 0 Å². The Bertz CT molecular complexity index is 687. The van der Waals surface area contributed by atoms with Crippen LogP contribution < -0.4 is 9.64 Å². The molecule has 1 aliphatic rings. The van der Waals surface area contributed by atoms with Crippen molar-refractivity contribution in [3.63, 3.8) is 0 Å². The van der Waals surface area contributed by atoms with Gasteiger partial charge >= 0.3 is 0 Å². The number of hydrogen-bond acceptors (Lipinski definition) is 4. The molecule has 2 aromatic rings. The van der Waals surface area contributed by atoms with Crippen LogP contribution in [0.25, 0.3) is 0 Å². The van der Waals surface area contributed by atoms with E-state index in [9.17, 15) is 0 Å². The van der Waals surface area contributed by atoms with Crippen molar-refractivity contribution in [1.82, 2.24) is 0 Å². The van der Waals surface area contributed by atoms with E-state index >= 15 is 0 Å². The molecule has 3 rings (SSSR count). The van der Waals surface area contributed by atoms with E-state index in [1.807, 2.05) is 30.5 Å². The Morgan fingerprint density at radius 1 is 1.04 bits per heavy atom. The molecule has 0 aromatic heterocycles. The first-order valence-electron chi connectivity index (χ1n) is 9.40. The average Bonchev–Trinajstić information content (AvgIpc) is 2.68. The second kappa shape index (κ2) is 9.39. The van der Waals surface area contributed by atoms with Crippen molar-refractivity contribution in [2.24, 2.45) is 10.9 Å². The molecule has 1 saturated heterocycles. The molecule has 0 unspecified atom stereocenters. The lowest BCUT2D eigenvalue weighted by atomic mass is 10.1. The maximum atomic E-state index is 5.75. The van der Waals surface area contributed by atoms with E-state index in [0.29, 0.717) is 5.92 Å². The number of rotatable bonds is 7. The Kier molecular flexibility index (Phi) is 6.67. The maximum Gasteiger partial charge on any atom is 0.119 e. The van der Waals surface area contributed by atoms with Gasteiger partial charge in [-0.2, -0.15) is 0 Å². The molecule has 0 bridgehead atoms. The first-order chi connectivity index (χ1) is 12.7. The highest BCUT2D eigenvalue weighted by atomic mass is 16.5. The van der Waals surface area contributed by atoms with Gasteiger partial charge in [0.25, 0.3) is 0 Å². The molecule has 0 aliphatic carbocycles. The summed E-state index contributed by atoms with van der Waals surface area (Å²) >= 11 is 0. The summed E-state index contributed by atoms with van der Waals surface area (Å²) in [7, 11) is 0. The van der Waals surface area contributed by atoms with E-state index in [0.717, 1.165) is 56.3 Å². The Morgan fingerprint density at radius 2 is 1.73 bits per heavy atom. The van der Waals surface area contributed by atoms with Gasteiger partial charge in [-0.1, -0.05) is 13.8 Å². The Morgan fingerprint density at radius 3 is 2.38 bits per heavy atom. The number of hydrogen-bond donors (Lipinski definition) is 0. The minimum Gasteiger partial charge on any atom is -0.494 e. The first-order valence-corrected chi connectivity index (χ1v) is 9.40. The summed E-state index contributed by atoms with van der Waals surface area (Å²) in [6.45, 7) is 8.68. The fourth-order valence-electron chi connectivity index (χ4n) is 2.78. The van der Waals surface area contributed by atoms with Crippen molar-refractivity contribution in [1.29, 1.82) is 0 Å². The number of benzene rings is 2. The van der Waals surface area contributed by atoms with Crippen molar-refractivity contribution in [2.75, 3.05) is 37.8 Å². The van der Waals surface area contributed by atoms with Crippen LogP contribution in [-0.4, -0.2) is 39.1 Å². The normalized spacial score (nSPS) is 15.0. The van der Waals surface area contributed by atoms with Crippen LogP contribution >= 0.6 is 0 Å². The fraction of sp³-hybridized carbons (Fsp3) is 0.409. The second-order valence-electron chi connectivity index (χ2n) is 6.97. The van der Waals surface area contributed by atoms with Gasteiger partial charge in [0, 0.05) is 25.0 Å². The molecule has 0 saturated carbocycles. The van der Waals surface area contributed by atoms with Crippen LogP contribution in [0.1, 0.15) is 25.8 Å². The third-order valence-corrected chi connectivity index (χ3v) is 4.43. The van der Waals surface area contributed by atoms with Crippen LogP contribution in [-0.2, 0) is 4.74 Å². The monoisotopic (exact) mass is 352 g/mol. The standard InChI is InChI=1S/C22H28N2O2/c1-18(2)11-14-26-22-9-3-19(4-10-22)17-23-20-5-7-21(8-6-20)24-12-15-25-16-13-24/h3-10,17-18H,11-16H2,1-2H3. The van der Waals surface area contributed by atoms with Crippen molar-refractivity contribution < 1.29 is 9.47 Å². The highest BCUT2D eigenvalue weighted by Gasteiger charge is 2.10. The van der Waals surface area contributed by atoms with E-state index in [1.165, 1.54) is 5.69 Å². The fourth-order valence-corrected chi connectivity index (χ4v) is 2.78. The van der Waals surface area contributed by atoms with Crippen LogP contribution in [0.5, 0.6) is 5.75 Å². The summed E-state index contributed by atoms with van der Waals surface area (Å²) in [4.78, 5) is 6.91. The van der Waals surface area contributed by atoms with Crippen molar-refractivity contribution in [2.45, 2.75) is 20.3 Å². The molecule has 0 amide bonds. The van der Waals surface area contributed by atoms with E-state index in [4.69, 9.17) is 9.47 Å². The zero-order valence-corrected chi connectivity index (χ0v) is 15.7. The van der Waals surface area contributed by atoms with E-state index in [1.54, 1.807) is 0 Å². The van der Waals surface area contributed by atoms with Gasteiger partial charge in [-0.15, -0.1) is 0 Å². The molecule has 138 valence electrons. The molecule has 4 nitrogen and oxygen atoms in total. The number of anilines is 1. The van der Waals surface area contributed by atoms with Gasteiger partial charge in [0.2, 0.25) is 0 Å². The van der Waals surface area contributed by atoms with Gasteiger partial charge in [0.15, 0.2) is 0 Å². The van der Waals surface area contributed by atoms with Gasteiger partial charge in [0.1, 0.15) is 5.75 Å². The summed E-state index contributed by atoms with van der Waals surface area (Å²) < 4.78 is 11.1. The van der Waals surface area contributed by atoms with Crippen LogP contribution in [0.4, 0.5) is 11.4 Å². The van der Waals surface area contributed by atoms with Crippen LogP contribution in [0.3, 0.4) is 0 Å². The number of aliphatic imine (C=N–C) groups is 1. The minimum atomic E-state index is 0.663. The molecule has 1 fully saturated rings. The molecule has 1 heterocycles. The smallest absolute Gasteiger partial charge is 0.119 e. The number of morpholine rings is 1. The van der Waals surface area contributed by atoms with Crippen LogP contribution in [0.2, 0.25) is 0 Å². The minimum absolute atomic E-state index is 0.663. The molecule has 2 aromatic carbocycles. The van der Waals surface area contributed by atoms with Crippen molar-refractivity contribution >= 4 is 17.6 Å². The van der Waals surface area contributed by atoms with Gasteiger partial charge in [-0.25, -0.2) is 0 Å². The average molecular weight is 352 g/mol. The van der Waals surface area contributed by atoms with E-state index in [-0.39, 0.29) is 0 Å². The van der Waals surface area contributed by atoms with Gasteiger partial charge < -0.3 is 14.4 Å². The highest BCUT2D eigenvalue weighted by molar-refractivity contribution is 5.82. The Balaban J connectivity index is 1.53. The number of ether oxygens (including phenoxy) is 2. The topological polar surface area (TPSA) is 34.1 Å². The van der Waals surface area contributed by atoms with Crippen LogP contribution in [0.15, 0.2) is 53.5 Å². The molecule has 26 heavy (non-hydrogen) atoms. The number of nitrogens with zero attached hydrogens (tertiary/aromatic N) is 2. The summed E-state index contributed by atoms with van der Waals surface area (Å²) in [6, 6.07) is 16.5. The summed E-state index contributed by atoms with van der Waals surface area (Å²) in [6.07, 6.45) is 2.96. The van der Waals surface area contributed by atoms with Gasteiger partial charge in [-0.3, -0.25) is 4.99 Å². The lowest BCUT2D eigenvalue weighted by molar-refractivity contribution is 0.122. The third kappa shape index (κ3) is 5.60. The van der Waals surface area contributed by atoms with Gasteiger partial charge in [0.05, 0.1) is 25.5 Å². The molecule has 0 spiro atoms. The molecule has 1 aliphatic heterocycles. The molecule has 0 radical (unpaired) electrons. The molecular formula is C22H28N2O2. The van der Waals surface area contributed by atoms with Crippen molar-refractivity contribution in [3.8, 4) is 5.75 Å². The largest absolute Gasteiger partial charge is 0.494 e. The molecule has 0 N–H and O–H groups in total. The molecule has 0 atom stereocenters. The van der Waals surface area contributed by atoms with Crippen LogP contribution in [0, 0.1) is 5.92 Å². The quantitative estimate of drug-likeness (QED) is 0.678. The zero-order valence-electron chi connectivity index (χ0n) is 15.7. The zero-order chi connectivity index (χ0) is 18.2. The lowest BCUT2D eigenvalue weighted by Gasteiger charge is -2.28. The predicted octanol–water partition coefficient (Wildman–Crippen LogP) is 4.70. The summed E-state index contributed by atoms with van der Waals surface area (Å²) in [5.41, 5.74) is 3.26. The lowest BCUT2D eigenvalue weighted by Crippen LogP contribution is -2.36. The third-order valence-electron chi connectivity index (χ3n) is 4.43. The first kappa shape index (κ1) is 18.5. The van der Waals surface area contributed by atoms with Crippen molar-refractivity contribution in [3.05, 3.63) is 54.1 Å². The SMILES string of the molecule is CC(C)CCOc1ccc(C=Nc2ccc(N3CCOCC3)cc2)cc1. The van der Waals surface area contributed by atoms with E-state index in [2.05, 4.69) is 48.0 Å². The Hall–Kier alpha value is -2.33. The summed E-state index contributed by atoms with van der Waals surface area (Å²) in [5, 5.41) is 0. The highest BCUT2D eigenvalue weighted by Crippen LogP contribution is 2.21. The molecular weight excluding hydrogens is 324 g/mol. The maximum absolute atomic E-state index is 5.75. The Labute approximate surface area is 156 Å². The predicted molar refractivity (Wildman–Crippen MR) is 108 cm³/mol. The summed E-state index contributed by atoms with van der Waals surface area (Å²) in [5.74, 6) is 1.58.